The molecule has 0 aliphatic rings. The van der Waals surface area contributed by atoms with Crippen LogP contribution in [0.3, 0.4) is 0 Å². The highest BCUT2D eigenvalue weighted by atomic mass is 32.1. The molecule has 0 aliphatic carbocycles. The number of nitrogens with one attached hydrogen (secondary N) is 2. The Hall–Kier alpha value is -4.63. The lowest BCUT2D eigenvalue weighted by atomic mass is 9.95. The first-order valence-electron chi connectivity index (χ1n) is 14.6. The van der Waals surface area contributed by atoms with Crippen LogP contribution in [0.15, 0.2) is 73.1 Å². The van der Waals surface area contributed by atoms with Crippen molar-refractivity contribution >= 4 is 41.3 Å². The molecular formula is C35H38N4O4S. The van der Waals surface area contributed by atoms with Crippen LogP contribution in [0.5, 0.6) is 0 Å². The number of carbonyl (C=O) groups is 3. The van der Waals surface area contributed by atoms with Crippen LogP contribution in [0.25, 0.3) is 23.5 Å². The molecule has 0 fully saturated rings. The van der Waals surface area contributed by atoms with Gasteiger partial charge in [-0.15, -0.1) is 11.3 Å². The van der Waals surface area contributed by atoms with Crippen LogP contribution in [0.1, 0.15) is 71.4 Å². The molecular weight excluding hydrogens is 572 g/mol. The van der Waals surface area contributed by atoms with Gasteiger partial charge in [-0.2, -0.15) is 0 Å². The Morgan fingerprint density at radius 3 is 2.05 bits per heavy atom. The van der Waals surface area contributed by atoms with E-state index in [9.17, 15) is 19.5 Å². The van der Waals surface area contributed by atoms with E-state index >= 15 is 0 Å². The van der Waals surface area contributed by atoms with Crippen molar-refractivity contribution in [2.45, 2.75) is 65.0 Å². The van der Waals surface area contributed by atoms with Crippen molar-refractivity contribution in [3.05, 3.63) is 105 Å². The Labute approximate surface area is 262 Å². The first-order chi connectivity index (χ1) is 20.9. The summed E-state index contributed by atoms with van der Waals surface area (Å²) < 4.78 is 0. The minimum absolute atomic E-state index is 0.111. The molecule has 0 radical (unpaired) electrons. The number of aryl methyl sites for hydroxylation is 1. The first kappa shape index (κ1) is 32.3. The molecule has 2 aromatic heterocycles. The third kappa shape index (κ3) is 8.70. The number of benzene rings is 2. The SMILES string of the molecule is CCc1ccc(/C=C/c2cnc(-c3ccc(C[C@H](NC(=O)c4ccc(C(C)(C)C)s4)C(=O)N[C@H](C)C(=O)O)cc3)nc2)cc1. The van der Waals surface area contributed by atoms with Gasteiger partial charge in [0, 0.05) is 34.8 Å². The van der Waals surface area contributed by atoms with E-state index in [-0.39, 0.29) is 17.7 Å². The molecule has 44 heavy (non-hydrogen) atoms. The maximum atomic E-state index is 13.1. The zero-order chi connectivity index (χ0) is 31.9. The number of rotatable bonds is 11. The molecule has 8 nitrogen and oxygen atoms in total. The van der Waals surface area contributed by atoms with Crippen LogP contribution in [0, 0.1) is 0 Å². The molecule has 0 unspecified atom stereocenters. The van der Waals surface area contributed by atoms with Crippen LogP contribution in [-0.4, -0.2) is 44.9 Å². The van der Waals surface area contributed by atoms with E-state index in [1.54, 1.807) is 18.5 Å². The van der Waals surface area contributed by atoms with Crippen molar-refractivity contribution in [1.82, 2.24) is 20.6 Å². The predicted molar refractivity (Wildman–Crippen MR) is 175 cm³/mol. The van der Waals surface area contributed by atoms with E-state index in [4.69, 9.17) is 0 Å². The first-order valence-corrected chi connectivity index (χ1v) is 15.4. The highest BCUT2D eigenvalue weighted by Crippen LogP contribution is 2.29. The third-order valence-corrected chi connectivity index (χ3v) is 8.61. The van der Waals surface area contributed by atoms with E-state index in [1.165, 1.54) is 23.8 Å². The van der Waals surface area contributed by atoms with Gasteiger partial charge in [-0.1, -0.05) is 88.4 Å². The second kappa shape index (κ2) is 14.2. The monoisotopic (exact) mass is 610 g/mol. The number of hydrogen-bond acceptors (Lipinski definition) is 6. The summed E-state index contributed by atoms with van der Waals surface area (Å²) in [5, 5.41) is 14.6. The number of thiophene rings is 1. The fourth-order valence-electron chi connectivity index (χ4n) is 4.33. The average molecular weight is 611 g/mol. The van der Waals surface area contributed by atoms with Gasteiger partial charge in [-0.25, -0.2) is 9.97 Å². The van der Waals surface area contributed by atoms with Gasteiger partial charge in [0.15, 0.2) is 5.82 Å². The Balaban J connectivity index is 1.45. The smallest absolute Gasteiger partial charge is 0.325 e. The van der Waals surface area contributed by atoms with Gasteiger partial charge < -0.3 is 15.7 Å². The molecule has 4 rings (SSSR count). The molecule has 3 N–H and O–H groups in total. The molecule has 2 heterocycles. The topological polar surface area (TPSA) is 121 Å². The lowest BCUT2D eigenvalue weighted by Crippen LogP contribution is -2.51. The molecule has 228 valence electrons. The summed E-state index contributed by atoms with van der Waals surface area (Å²) in [6.07, 6.45) is 8.71. The molecule has 0 saturated heterocycles. The summed E-state index contributed by atoms with van der Waals surface area (Å²) in [7, 11) is 0. The predicted octanol–water partition coefficient (Wildman–Crippen LogP) is 6.17. The summed E-state index contributed by atoms with van der Waals surface area (Å²) in [5.74, 6) is -1.55. The number of aromatic nitrogens is 2. The highest BCUT2D eigenvalue weighted by Gasteiger charge is 2.26. The van der Waals surface area contributed by atoms with Crippen molar-refractivity contribution in [2.75, 3.05) is 0 Å². The molecule has 0 spiro atoms. The number of nitrogens with zero attached hydrogens (tertiary/aromatic N) is 2. The average Bonchev–Trinajstić information content (AvgIpc) is 3.52. The van der Waals surface area contributed by atoms with E-state index in [1.807, 2.05) is 42.5 Å². The molecule has 2 amide bonds. The van der Waals surface area contributed by atoms with E-state index in [0.717, 1.165) is 33.6 Å². The second-order valence-electron chi connectivity index (χ2n) is 11.7. The maximum absolute atomic E-state index is 13.1. The molecule has 0 bridgehead atoms. The highest BCUT2D eigenvalue weighted by molar-refractivity contribution is 7.14. The minimum atomic E-state index is -1.16. The van der Waals surface area contributed by atoms with Crippen molar-refractivity contribution in [2.24, 2.45) is 0 Å². The van der Waals surface area contributed by atoms with Crippen LogP contribution in [0.4, 0.5) is 0 Å². The normalized spacial score (nSPS) is 12.9. The lowest BCUT2D eigenvalue weighted by molar-refractivity contribution is -0.141. The van der Waals surface area contributed by atoms with Crippen molar-refractivity contribution < 1.29 is 19.5 Å². The van der Waals surface area contributed by atoms with Crippen LogP contribution in [0.2, 0.25) is 0 Å². The van der Waals surface area contributed by atoms with Gasteiger partial charge in [-0.05, 0) is 47.6 Å². The van der Waals surface area contributed by atoms with Crippen LogP contribution < -0.4 is 10.6 Å². The third-order valence-electron chi connectivity index (χ3n) is 7.10. The van der Waals surface area contributed by atoms with Crippen molar-refractivity contribution in [3.8, 4) is 11.4 Å². The standard InChI is InChI=1S/C35H38N4O4S/c1-6-23-7-9-24(10-8-23)11-12-26-20-36-31(37-21-26)27-15-13-25(14-16-27)19-28(32(40)38-22(2)34(42)43)39-33(41)29-17-18-30(44-29)35(3,4)5/h7-18,20-22,28H,6,19H2,1-5H3,(H,38,40)(H,39,41)(H,42,43)/b12-11+/t22-,28+/m1/s1. The van der Waals surface area contributed by atoms with Crippen LogP contribution >= 0.6 is 11.3 Å². The minimum Gasteiger partial charge on any atom is -0.480 e. The Kier molecular flexibility index (Phi) is 10.4. The number of carboxylic acid groups (broad SMARTS) is 1. The summed E-state index contributed by atoms with van der Waals surface area (Å²) >= 11 is 1.37. The fourth-order valence-corrected chi connectivity index (χ4v) is 5.30. The van der Waals surface area contributed by atoms with E-state index in [2.05, 4.69) is 72.6 Å². The number of amides is 2. The van der Waals surface area contributed by atoms with Gasteiger partial charge in [-0.3, -0.25) is 14.4 Å². The number of aliphatic carboxylic acids is 1. The summed E-state index contributed by atoms with van der Waals surface area (Å²) in [5.41, 5.74) is 4.76. The maximum Gasteiger partial charge on any atom is 0.325 e. The Morgan fingerprint density at radius 2 is 1.48 bits per heavy atom. The van der Waals surface area contributed by atoms with E-state index < -0.39 is 24.0 Å². The van der Waals surface area contributed by atoms with Gasteiger partial charge in [0.1, 0.15) is 12.1 Å². The number of hydrogen-bond donors (Lipinski definition) is 3. The second-order valence-corrected chi connectivity index (χ2v) is 12.8. The van der Waals surface area contributed by atoms with Crippen molar-refractivity contribution in [3.63, 3.8) is 0 Å². The number of carboxylic acids is 1. The molecule has 2 atom stereocenters. The van der Waals surface area contributed by atoms with Crippen LogP contribution in [-0.2, 0) is 27.8 Å². The molecule has 0 aliphatic heterocycles. The summed E-state index contributed by atoms with van der Waals surface area (Å²) in [6.45, 7) is 9.72. The van der Waals surface area contributed by atoms with Gasteiger partial charge in [0.2, 0.25) is 5.91 Å². The quantitative estimate of drug-likeness (QED) is 0.187. The summed E-state index contributed by atoms with van der Waals surface area (Å²) in [4.78, 5) is 48.1. The largest absolute Gasteiger partial charge is 0.480 e. The Morgan fingerprint density at radius 1 is 0.864 bits per heavy atom. The Bertz CT molecular complexity index is 1620. The molecule has 2 aromatic carbocycles. The van der Waals surface area contributed by atoms with E-state index in [0.29, 0.717) is 10.7 Å². The molecule has 4 aromatic rings. The van der Waals surface area contributed by atoms with Gasteiger partial charge >= 0.3 is 5.97 Å². The molecule has 0 saturated carbocycles. The molecule has 9 heteroatoms. The number of carbonyl (C=O) groups excluding carboxylic acids is 2. The lowest BCUT2D eigenvalue weighted by Gasteiger charge is -2.20. The summed E-state index contributed by atoms with van der Waals surface area (Å²) in [6, 6.07) is 17.4. The van der Waals surface area contributed by atoms with Gasteiger partial charge in [0.25, 0.3) is 5.91 Å². The van der Waals surface area contributed by atoms with Gasteiger partial charge in [0.05, 0.1) is 4.88 Å². The zero-order valence-electron chi connectivity index (χ0n) is 25.6. The van der Waals surface area contributed by atoms with Crippen molar-refractivity contribution in [1.29, 1.82) is 0 Å². The fraction of sp³-hybridized carbons (Fsp3) is 0.286. The zero-order valence-corrected chi connectivity index (χ0v) is 26.4.